The summed E-state index contributed by atoms with van der Waals surface area (Å²) in [5.74, 6) is -1.59. The highest BCUT2D eigenvalue weighted by Gasteiger charge is 2.28. The molecule has 0 saturated heterocycles. The van der Waals surface area contributed by atoms with Gasteiger partial charge in [-0.1, -0.05) is 56.7 Å². The molecule has 2 aromatic rings. The van der Waals surface area contributed by atoms with Gasteiger partial charge in [-0.2, -0.15) is 0 Å². The van der Waals surface area contributed by atoms with E-state index in [4.69, 9.17) is 10.2 Å². The van der Waals surface area contributed by atoms with Gasteiger partial charge in [0.15, 0.2) is 0 Å². The van der Waals surface area contributed by atoms with Crippen LogP contribution in [-0.2, 0) is 0 Å². The lowest BCUT2D eigenvalue weighted by Crippen LogP contribution is -2.40. The predicted molar refractivity (Wildman–Crippen MR) is 109 cm³/mol. The number of hydrogen-bond acceptors (Lipinski definition) is 4. The average molecular weight is 390 g/mol. The molecule has 0 aliphatic carbocycles. The average Bonchev–Trinajstić information content (AvgIpc) is 2.68. The molecule has 0 aliphatic heterocycles. The molecule has 0 amide bonds. The largest absolute Gasteiger partial charge is 0.478 e. The van der Waals surface area contributed by atoms with E-state index in [2.05, 4.69) is 0 Å². The quantitative estimate of drug-likeness (QED) is 0.615. The third-order valence-corrected chi connectivity index (χ3v) is 3.95. The van der Waals surface area contributed by atoms with Crippen molar-refractivity contribution in [3.63, 3.8) is 0 Å². The van der Waals surface area contributed by atoms with E-state index in [1.807, 2.05) is 13.8 Å². The van der Waals surface area contributed by atoms with Crippen LogP contribution in [0.1, 0.15) is 54.8 Å². The van der Waals surface area contributed by atoms with Gasteiger partial charge < -0.3 is 20.4 Å². The fourth-order valence-electron chi connectivity index (χ4n) is 2.08. The zero-order chi connectivity index (χ0) is 21.7. The van der Waals surface area contributed by atoms with Crippen molar-refractivity contribution < 1.29 is 30.0 Å². The van der Waals surface area contributed by atoms with Gasteiger partial charge in [-0.05, 0) is 44.0 Å². The summed E-state index contributed by atoms with van der Waals surface area (Å²) in [7, 11) is 0. The van der Waals surface area contributed by atoms with Crippen LogP contribution in [0.4, 0.5) is 0 Å². The molecule has 0 spiro atoms. The Morgan fingerprint density at radius 3 is 1.32 bits per heavy atom. The van der Waals surface area contributed by atoms with Crippen molar-refractivity contribution >= 4 is 11.9 Å². The van der Waals surface area contributed by atoms with E-state index in [1.54, 1.807) is 74.5 Å². The molecule has 0 radical (unpaired) electrons. The maximum Gasteiger partial charge on any atom is 0.335 e. The third-order valence-electron chi connectivity index (χ3n) is 3.95. The van der Waals surface area contributed by atoms with Crippen molar-refractivity contribution in [3.05, 3.63) is 71.8 Å². The summed E-state index contributed by atoms with van der Waals surface area (Å²) in [6.07, 6.45) is 0.281. The molecule has 154 valence electrons. The summed E-state index contributed by atoms with van der Waals surface area (Å²) >= 11 is 0. The molecule has 2 atom stereocenters. The summed E-state index contributed by atoms with van der Waals surface area (Å²) in [5.41, 5.74) is -0.301. The van der Waals surface area contributed by atoms with Crippen LogP contribution in [0.15, 0.2) is 60.7 Å². The van der Waals surface area contributed by atoms with Crippen molar-refractivity contribution in [2.45, 2.75) is 45.8 Å². The second-order valence-corrected chi connectivity index (χ2v) is 6.83. The van der Waals surface area contributed by atoms with Crippen molar-refractivity contribution in [2.24, 2.45) is 5.92 Å². The number of rotatable bonds is 5. The van der Waals surface area contributed by atoms with E-state index < -0.39 is 23.6 Å². The van der Waals surface area contributed by atoms with Crippen LogP contribution in [0.5, 0.6) is 0 Å². The number of hydrogen-bond donors (Lipinski definition) is 4. The Balaban J connectivity index is 0.000000391. The molecule has 28 heavy (non-hydrogen) atoms. The maximum atomic E-state index is 10.2. The summed E-state index contributed by atoms with van der Waals surface area (Å²) in [5, 5.41) is 35.5. The molecule has 0 aliphatic rings. The Morgan fingerprint density at radius 2 is 1.18 bits per heavy atom. The summed E-state index contributed by atoms with van der Waals surface area (Å²) in [6.45, 7) is 7.19. The van der Waals surface area contributed by atoms with Crippen molar-refractivity contribution in [2.75, 3.05) is 0 Å². The minimum atomic E-state index is -0.963. The Labute approximate surface area is 166 Å². The molecular weight excluding hydrogens is 360 g/mol. The Morgan fingerprint density at radius 1 is 0.857 bits per heavy atom. The zero-order valence-corrected chi connectivity index (χ0v) is 16.7. The third kappa shape index (κ3) is 10.4. The number of carboxylic acid groups (broad SMARTS) is 2. The molecule has 0 fully saturated rings. The predicted octanol–water partition coefficient (Wildman–Crippen LogP) is 3.93. The van der Waals surface area contributed by atoms with Gasteiger partial charge in [0.25, 0.3) is 0 Å². The fraction of sp³-hybridized carbons (Fsp3) is 0.364. The molecule has 2 rings (SSSR count). The van der Waals surface area contributed by atoms with E-state index in [0.717, 1.165) is 6.42 Å². The second-order valence-electron chi connectivity index (χ2n) is 6.83. The first-order chi connectivity index (χ1) is 13.0. The van der Waals surface area contributed by atoms with E-state index >= 15 is 0 Å². The lowest BCUT2D eigenvalue weighted by atomic mass is 9.89. The maximum absolute atomic E-state index is 10.2. The topological polar surface area (TPSA) is 115 Å². The number of benzene rings is 2. The molecule has 6 nitrogen and oxygen atoms in total. The van der Waals surface area contributed by atoms with Gasteiger partial charge in [0.2, 0.25) is 0 Å². The van der Waals surface area contributed by atoms with Gasteiger partial charge in [0.1, 0.15) is 0 Å². The Kier molecular flexibility index (Phi) is 11.4. The molecule has 0 saturated carbocycles. The van der Waals surface area contributed by atoms with E-state index in [-0.39, 0.29) is 5.92 Å². The lowest BCUT2D eigenvalue weighted by molar-refractivity contribution is -0.0736. The minimum Gasteiger partial charge on any atom is -0.478 e. The molecule has 0 bridgehead atoms. The van der Waals surface area contributed by atoms with Crippen molar-refractivity contribution in [3.8, 4) is 0 Å². The van der Waals surface area contributed by atoms with Crippen LogP contribution in [0.3, 0.4) is 0 Å². The highest BCUT2D eigenvalue weighted by molar-refractivity contribution is 5.87. The molecule has 0 heterocycles. The number of aliphatic hydroxyl groups is 2. The number of carbonyl (C=O) groups is 2. The van der Waals surface area contributed by atoms with Crippen LogP contribution in [0, 0.1) is 5.92 Å². The zero-order valence-electron chi connectivity index (χ0n) is 16.7. The SMILES string of the molecule is CCC(C)C(O)C(C)(C)O.O=C(O)c1ccccc1.O=C(O)c1ccccc1. The number of aliphatic hydroxyl groups excluding tert-OH is 1. The summed E-state index contributed by atoms with van der Waals surface area (Å²) in [4.78, 5) is 20.4. The van der Waals surface area contributed by atoms with Crippen LogP contribution >= 0.6 is 0 Å². The van der Waals surface area contributed by atoms with E-state index in [1.165, 1.54) is 0 Å². The van der Waals surface area contributed by atoms with E-state index in [9.17, 15) is 19.8 Å². The first kappa shape index (κ1) is 25.3. The van der Waals surface area contributed by atoms with Crippen LogP contribution in [-0.4, -0.2) is 44.1 Å². The minimum absolute atomic E-state index is 0.167. The van der Waals surface area contributed by atoms with Gasteiger partial charge in [0, 0.05) is 0 Å². The lowest BCUT2D eigenvalue weighted by Gasteiger charge is -2.28. The molecule has 0 aromatic heterocycles. The number of aromatic carboxylic acids is 2. The van der Waals surface area contributed by atoms with Gasteiger partial charge in [0.05, 0.1) is 22.8 Å². The molecule has 2 aromatic carbocycles. The van der Waals surface area contributed by atoms with Crippen molar-refractivity contribution in [1.82, 2.24) is 0 Å². The molecular formula is C22H30O6. The first-order valence-corrected chi connectivity index (χ1v) is 8.97. The normalized spacial score (nSPS) is 12.4. The fourth-order valence-corrected chi connectivity index (χ4v) is 2.08. The Hall–Kier alpha value is -2.70. The monoisotopic (exact) mass is 390 g/mol. The summed E-state index contributed by atoms with van der Waals surface area (Å²) in [6, 6.07) is 16.6. The van der Waals surface area contributed by atoms with Crippen molar-refractivity contribution in [1.29, 1.82) is 0 Å². The second kappa shape index (κ2) is 12.6. The summed E-state index contributed by atoms with van der Waals surface area (Å²) < 4.78 is 0. The molecule has 2 unspecified atom stereocenters. The van der Waals surface area contributed by atoms with Crippen LogP contribution < -0.4 is 0 Å². The van der Waals surface area contributed by atoms with Crippen LogP contribution in [0.25, 0.3) is 0 Å². The van der Waals surface area contributed by atoms with Gasteiger partial charge in [-0.15, -0.1) is 0 Å². The highest BCUT2D eigenvalue weighted by Crippen LogP contribution is 2.18. The molecule has 4 N–H and O–H groups in total. The van der Waals surface area contributed by atoms with Crippen LogP contribution in [0.2, 0.25) is 0 Å². The Bertz CT molecular complexity index is 642. The smallest absolute Gasteiger partial charge is 0.335 e. The first-order valence-electron chi connectivity index (χ1n) is 8.97. The van der Waals surface area contributed by atoms with Gasteiger partial charge in [-0.3, -0.25) is 0 Å². The van der Waals surface area contributed by atoms with Gasteiger partial charge >= 0.3 is 11.9 Å². The molecule has 6 heteroatoms. The highest BCUT2D eigenvalue weighted by atomic mass is 16.4. The number of carboxylic acids is 2. The van der Waals surface area contributed by atoms with E-state index in [0.29, 0.717) is 11.1 Å². The standard InChI is InChI=1S/C8H18O2.2C7H6O2/c1-5-6(2)7(9)8(3,4)10;2*8-7(9)6-4-2-1-3-5-6/h6-7,9-10H,5H2,1-4H3;2*1-5H,(H,8,9). The van der Waals surface area contributed by atoms with Gasteiger partial charge in [-0.25, -0.2) is 9.59 Å².